The Morgan fingerprint density at radius 2 is 2.37 bits per heavy atom. The first-order valence-electron chi connectivity index (χ1n) is 6.30. The van der Waals surface area contributed by atoms with Crippen molar-refractivity contribution >= 4 is 27.4 Å². The summed E-state index contributed by atoms with van der Waals surface area (Å²) in [7, 11) is 0. The number of nitrogens with zero attached hydrogens (tertiary/aromatic N) is 2. The molecule has 0 amide bonds. The molecule has 6 nitrogen and oxygen atoms in total. The van der Waals surface area contributed by atoms with Gasteiger partial charge in [0.2, 0.25) is 0 Å². The number of aromatic nitrogens is 1. The van der Waals surface area contributed by atoms with Crippen LogP contribution in [0.4, 0.5) is 11.5 Å². The van der Waals surface area contributed by atoms with Gasteiger partial charge in [0.05, 0.1) is 9.40 Å². The molecule has 1 saturated heterocycles. The number of hydrogen-bond acceptors (Lipinski definition) is 5. The molecule has 7 heteroatoms. The molecule has 0 aliphatic carbocycles. The number of anilines is 1. The number of piperidine rings is 1. The normalized spacial score (nSPS) is 23.1. The average molecular weight is 329 g/mol. The molecule has 19 heavy (non-hydrogen) atoms. The highest BCUT2D eigenvalue weighted by molar-refractivity contribution is 9.10. The Hall–Kier alpha value is -1.21. The van der Waals surface area contributed by atoms with Crippen molar-refractivity contribution in [1.82, 2.24) is 10.3 Å². The maximum absolute atomic E-state index is 10.8. The molecule has 1 aliphatic heterocycles. The Kier molecular flexibility index (Phi) is 4.36. The van der Waals surface area contributed by atoms with Gasteiger partial charge >= 0.3 is 0 Å². The van der Waals surface area contributed by atoms with E-state index in [0.717, 1.165) is 19.4 Å². The zero-order valence-corrected chi connectivity index (χ0v) is 12.5. The summed E-state index contributed by atoms with van der Waals surface area (Å²) in [6.45, 7) is 4.88. The largest absolute Gasteiger partial charge is 0.365 e. The third-order valence-corrected chi connectivity index (χ3v) is 4.49. The van der Waals surface area contributed by atoms with Crippen LogP contribution in [-0.4, -0.2) is 28.5 Å². The van der Waals surface area contributed by atoms with Gasteiger partial charge in [-0.15, -0.1) is 0 Å². The van der Waals surface area contributed by atoms with E-state index in [9.17, 15) is 10.1 Å². The van der Waals surface area contributed by atoms with Crippen LogP contribution in [0.1, 0.15) is 25.3 Å². The van der Waals surface area contributed by atoms with Gasteiger partial charge in [-0.2, -0.15) is 0 Å². The van der Waals surface area contributed by atoms with Crippen LogP contribution in [0.5, 0.6) is 0 Å². The monoisotopic (exact) mass is 328 g/mol. The number of hydrogen-bond donors (Lipinski definition) is 2. The molecule has 2 unspecified atom stereocenters. The van der Waals surface area contributed by atoms with Gasteiger partial charge in [-0.1, -0.05) is 0 Å². The first-order chi connectivity index (χ1) is 9.00. The molecular formula is C12H17BrN4O2. The van der Waals surface area contributed by atoms with Crippen molar-refractivity contribution in [3.8, 4) is 0 Å². The fourth-order valence-electron chi connectivity index (χ4n) is 2.27. The molecule has 2 heterocycles. The summed E-state index contributed by atoms with van der Waals surface area (Å²) in [5.74, 6) is 0.670. The second-order valence-corrected chi connectivity index (χ2v) is 5.62. The lowest BCUT2D eigenvalue weighted by Crippen LogP contribution is -2.46. The molecule has 0 saturated carbocycles. The SMILES string of the molecule is Cc1c([N+](=O)[O-])cnc(NC2CCCNC2C)c1Br. The van der Waals surface area contributed by atoms with E-state index in [0.29, 0.717) is 27.9 Å². The highest BCUT2D eigenvalue weighted by Crippen LogP contribution is 2.31. The molecule has 0 bridgehead atoms. The fourth-order valence-corrected chi connectivity index (χ4v) is 2.69. The lowest BCUT2D eigenvalue weighted by Gasteiger charge is -2.31. The van der Waals surface area contributed by atoms with E-state index in [2.05, 4.69) is 38.5 Å². The van der Waals surface area contributed by atoms with Gasteiger partial charge in [0.1, 0.15) is 12.0 Å². The minimum Gasteiger partial charge on any atom is -0.365 e. The third kappa shape index (κ3) is 3.03. The van der Waals surface area contributed by atoms with Crippen molar-refractivity contribution in [2.45, 2.75) is 38.8 Å². The minimum atomic E-state index is -0.415. The summed E-state index contributed by atoms with van der Waals surface area (Å²) in [4.78, 5) is 14.6. The van der Waals surface area contributed by atoms with Crippen LogP contribution in [0.15, 0.2) is 10.7 Å². The van der Waals surface area contributed by atoms with Gasteiger partial charge < -0.3 is 10.6 Å². The molecule has 2 atom stereocenters. The molecular weight excluding hydrogens is 312 g/mol. The predicted molar refractivity (Wildman–Crippen MR) is 77.4 cm³/mol. The van der Waals surface area contributed by atoms with Crippen LogP contribution in [0, 0.1) is 17.0 Å². The molecule has 2 rings (SSSR count). The number of nitro groups is 1. The van der Waals surface area contributed by atoms with E-state index in [-0.39, 0.29) is 5.69 Å². The molecule has 1 aliphatic rings. The Bertz CT molecular complexity index is 495. The predicted octanol–water partition coefficient (Wildman–Crippen LogP) is 2.61. The van der Waals surface area contributed by atoms with Crippen molar-refractivity contribution in [3.05, 3.63) is 26.3 Å². The van der Waals surface area contributed by atoms with E-state index in [4.69, 9.17) is 0 Å². The van der Waals surface area contributed by atoms with Gasteiger partial charge in [0.15, 0.2) is 0 Å². The van der Waals surface area contributed by atoms with Crippen LogP contribution < -0.4 is 10.6 Å². The maximum Gasteiger partial charge on any atom is 0.291 e. The summed E-state index contributed by atoms with van der Waals surface area (Å²) in [6, 6.07) is 0.649. The molecule has 1 aromatic heterocycles. The van der Waals surface area contributed by atoms with Crippen molar-refractivity contribution in [2.24, 2.45) is 0 Å². The summed E-state index contributed by atoms with van der Waals surface area (Å²) in [6.07, 6.45) is 3.49. The van der Waals surface area contributed by atoms with Gasteiger partial charge in [0, 0.05) is 17.6 Å². The Morgan fingerprint density at radius 1 is 1.63 bits per heavy atom. The highest BCUT2D eigenvalue weighted by Gasteiger charge is 2.23. The average Bonchev–Trinajstić information content (AvgIpc) is 2.37. The van der Waals surface area contributed by atoms with Gasteiger partial charge in [-0.3, -0.25) is 10.1 Å². The quantitative estimate of drug-likeness (QED) is 0.658. The first kappa shape index (κ1) is 14.2. The molecule has 1 fully saturated rings. The van der Waals surface area contributed by atoms with Gasteiger partial charge in [0.25, 0.3) is 5.69 Å². The summed E-state index contributed by atoms with van der Waals surface area (Å²) in [5, 5.41) is 17.6. The molecule has 1 aromatic rings. The van der Waals surface area contributed by atoms with Crippen LogP contribution >= 0.6 is 15.9 Å². The van der Waals surface area contributed by atoms with Crippen LogP contribution in [0.25, 0.3) is 0 Å². The molecule has 0 spiro atoms. The Labute approximate surface area is 120 Å². The Morgan fingerprint density at radius 3 is 3.00 bits per heavy atom. The smallest absolute Gasteiger partial charge is 0.291 e. The van der Waals surface area contributed by atoms with E-state index in [1.165, 1.54) is 6.20 Å². The lowest BCUT2D eigenvalue weighted by atomic mass is 10.00. The summed E-state index contributed by atoms with van der Waals surface area (Å²) >= 11 is 3.40. The van der Waals surface area contributed by atoms with Crippen molar-refractivity contribution < 1.29 is 4.92 Å². The van der Waals surface area contributed by atoms with E-state index < -0.39 is 4.92 Å². The summed E-state index contributed by atoms with van der Waals surface area (Å²) in [5.41, 5.74) is 0.631. The van der Waals surface area contributed by atoms with Crippen molar-refractivity contribution in [3.63, 3.8) is 0 Å². The highest BCUT2D eigenvalue weighted by atomic mass is 79.9. The summed E-state index contributed by atoms with van der Waals surface area (Å²) < 4.78 is 0.666. The maximum atomic E-state index is 10.8. The number of nitrogens with one attached hydrogen (secondary N) is 2. The molecule has 0 aromatic carbocycles. The van der Waals surface area contributed by atoms with Crippen LogP contribution in [-0.2, 0) is 0 Å². The zero-order chi connectivity index (χ0) is 14.0. The van der Waals surface area contributed by atoms with Gasteiger partial charge in [-0.05, 0) is 49.2 Å². The van der Waals surface area contributed by atoms with E-state index in [1.807, 2.05) is 0 Å². The number of pyridine rings is 1. The minimum absolute atomic E-state index is 0.0345. The number of rotatable bonds is 3. The van der Waals surface area contributed by atoms with Crippen molar-refractivity contribution in [2.75, 3.05) is 11.9 Å². The first-order valence-corrected chi connectivity index (χ1v) is 7.09. The standard InChI is InChI=1S/C12H17BrN4O2/c1-7-10(17(18)19)6-15-12(11(7)13)16-9-4-3-5-14-8(9)2/h6,8-9,14H,3-5H2,1-2H3,(H,15,16). The van der Waals surface area contributed by atoms with Gasteiger partial charge in [-0.25, -0.2) is 4.98 Å². The topological polar surface area (TPSA) is 80.1 Å². The number of halogens is 1. The second-order valence-electron chi connectivity index (χ2n) is 4.82. The molecule has 104 valence electrons. The lowest BCUT2D eigenvalue weighted by molar-refractivity contribution is -0.385. The fraction of sp³-hybridized carbons (Fsp3) is 0.583. The Balaban J connectivity index is 2.21. The van der Waals surface area contributed by atoms with Crippen LogP contribution in [0.3, 0.4) is 0 Å². The zero-order valence-electron chi connectivity index (χ0n) is 10.9. The molecule has 2 N–H and O–H groups in total. The third-order valence-electron chi connectivity index (χ3n) is 3.52. The second kappa shape index (κ2) is 5.83. The van der Waals surface area contributed by atoms with Crippen molar-refractivity contribution in [1.29, 1.82) is 0 Å². The van der Waals surface area contributed by atoms with E-state index in [1.54, 1.807) is 6.92 Å². The van der Waals surface area contributed by atoms with E-state index >= 15 is 0 Å². The molecule has 0 radical (unpaired) electrons. The van der Waals surface area contributed by atoms with Crippen LogP contribution in [0.2, 0.25) is 0 Å².